The van der Waals surface area contributed by atoms with Crippen LogP contribution in [0.5, 0.6) is 0 Å². The van der Waals surface area contributed by atoms with Crippen LogP contribution in [0.2, 0.25) is 0 Å². The quantitative estimate of drug-likeness (QED) is 0.448. The summed E-state index contributed by atoms with van der Waals surface area (Å²) in [5.41, 5.74) is 2.49. The number of nitrogens with one attached hydrogen (secondary N) is 1. The maximum atomic E-state index is 14.0. The zero-order valence-corrected chi connectivity index (χ0v) is 18.0. The van der Waals surface area contributed by atoms with Crippen molar-refractivity contribution in [2.45, 2.75) is 24.4 Å². The molecule has 2 unspecified atom stereocenters. The van der Waals surface area contributed by atoms with Gasteiger partial charge in [0.15, 0.2) is 0 Å². The number of carbonyl (C=O) groups is 1. The number of aliphatic carboxylic acids is 1. The average Bonchev–Trinajstić information content (AvgIpc) is 3.17. The van der Waals surface area contributed by atoms with Crippen molar-refractivity contribution in [1.82, 2.24) is 5.32 Å². The van der Waals surface area contributed by atoms with E-state index in [9.17, 15) is 26.3 Å². The molecule has 1 aliphatic rings. The summed E-state index contributed by atoms with van der Waals surface area (Å²) in [5, 5.41) is 10.6. The SMILES string of the molecule is CC1(c2ccc(F)cc2)CNCC1c1ccc(-c2c(F)cccc2F)cc1.O=C(O)C(F)(F)F. The van der Waals surface area contributed by atoms with E-state index in [4.69, 9.17) is 9.90 Å². The molecule has 3 aromatic carbocycles. The lowest BCUT2D eigenvalue weighted by atomic mass is 9.71. The highest BCUT2D eigenvalue weighted by Gasteiger charge is 2.41. The maximum absolute atomic E-state index is 14.0. The first kappa shape index (κ1) is 25.3. The smallest absolute Gasteiger partial charge is 0.475 e. The first-order chi connectivity index (χ1) is 15.9. The van der Waals surface area contributed by atoms with E-state index in [1.54, 1.807) is 12.1 Å². The van der Waals surface area contributed by atoms with Crippen LogP contribution in [0.25, 0.3) is 11.1 Å². The van der Waals surface area contributed by atoms with Crippen molar-refractivity contribution < 1.29 is 36.2 Å². The van der Waals surface area contributed by atoms with Gasteiger partial charge in [-0.25, -0.2) is 18.0 Å². The molecule has 0 saturated carbocycles. The first-order valence-electron chi connectivity index (χ1n) is 10.2. The first-order valence-corrected chi connectivity index (χ1v) is 10.2. The van der Waals surface area contributed by atoms with E-state index in [1.165, 1.54) is 30.3 Å². The Morgan fingerprint density at radius 2 is 1.47 bits per heavy atom. The number of halogens is 6. The molecule has 9 heteroatoms. The second-order valence-corrected chi connectivity index (χ2v) is 8.13. The van der Waals surface area contributed by atoms with E-state index in [0.717, 1.165) is 24.2 Å². The molecule has 34 heavy (non-hydrogen) atoms. The van der Waals surface area contributed by atoms with Gasteiger partial charge in [0.1, 0.15) is 17.5 Å². The number of hydrogen-bond acceptors (Lipinski definition) is 2. The van der Waals surface area contributed by atoms with Crippen LogP contribution in [0, 0.1) is 17.5 Å². The van der Waals surface area contributed by atoms with E-state index in [2.05, 4.69) is 12.2 Å². The lowest BCUT2D eigenvalue weighted by Gasteiger charge is -2.31. The lowest BCUT2D eigenvalue weighted by Crippen LogP contribution is -2.30. The van der Waals surface area contributed by atoms with E-state index >= 15 is 0 Å². The van der Waals surface area contributed by atoms with E-state index in [-0.39, 0.29) is 22.7 Å². The summed E-state index contributed by atoms with van der Waals surface area (Å²) in [7, 11) is 0. The molecule has 2 N–H and O–H groups in total. The average molecular weight is 481 g/mol. The summed E-state index contributed by atoms with van der Waals surface area (Å²) in [6.45, 7) is 3.74. The Morgan fingerprint density at radius 3 is 1.97 bits per heavy atom. The van der Waals surface area contributed by atoms with Crippen LogP contribution in [0.15, 0.2) is 66.7 Å². The minimum atomic E-state index is -5.08. The molecule has 2 atom stereocenters. The zero-order valence-electron chi connectivity index (χ0n) is 18.0. The number of carboxylic acids is 1. The summed E-state index contributed by atoms with van der Waals surface area (Å²) >= 11 is 0. The molecule has 1 saturated heterocycles. The van der Waals surface area contributed by atoms with Gasteiger partial charge in [-0.15, -0.1) is 0 Å². The van der Waals surface area contributed by atoms with Gasteiger partial charge in [-0.05, 0) is 41.0 Å². The molecule has 180 valence electrons. The molecule has 1 fully saturated rings. The molecule has 0 amide bonds. The van der Waals surface area contributed by atoms with Gasteiger partial charge in [-0.3, -0.25) is 0 Å². The number of rotatable bonds is 3. The van der Waals surface area contributed by atoms with Crippen molar-refractivity contribution in [2.75, 3.05) is 13.1 Å². The second kappa shape index (κ2) is 9.89. The molecular weight excluding hydrogens is 460 g/mol. The molecular formula is C25H21F6NO2. The van der Waals surface area contributed by atoms with E-state index < -0.39 is 23.8 Å². The molecule has 1 aliphatic heterocycles. The molecule has 4 rings (SSSR count). The standard InChI is InChI=1S/C23H20F3N.C2HF3O2/c1-23(17-9-11-18(24)12-10-17)14-27-13-19(23)15-5-7-16(8-6-15)22-20(25)3-2-4-21(22)26;3-2(4,5)1(6)7/h2-12,19,27H,13-14H2,1H3;(H,6,7). The van der Waals surface area contributed by atoms with Crippen LogP contribution in [-0.4, -0.2) is 30.3 Å². The lowest BCUT2D eigenvalue weighted by molar-refractivity contribution is -0.192. The van der Waals surface area contributed by atoms with Gasteiger partial charge in [0, 0.05) is 24.4 Å². The van der Waals surface area contributed by atoms with Crippen molar-refractivity contribution in [1.29, 1.82) is 0 Å². The number of hydrogen-bond donors (Lipinski definition) is 2. The Bertz CT molecular complexity index is 1130. The van der Waals surface area contributed by atoms with Crippen molar-refractivity contribution in [3.8, 4) is 11.1 Å². The molecule has 3 nitrogen and oxygen atoms in total. The van der Waals surface area contributed by atoms with Crippen LogP contribution in [-0.2, 0) is 10.2 Å². The van der Waals surface area contributed by atoms with Crippen molar-refractivity contribution in [3.05, 3.63) is 95.3 Å². The van der Waals surface area contributed by atoms with Gasteiger partial charge < -0.3 is 10.4 Å². The fraction of sp³-hybridized carbons (Fsp3) is 0.240. The molecule has 1 heterocycles. The van der Waals surface area contributed by atoms with E-state index in [1.807, 2.05) is 24.3 Å². The largest absolute Gasteiger partial charge is 0.490 e. The van der Waals surface area contributed by atoms with Crippen LogP contribution >= 0.6 is 0 Å². The fourth-order valence-corrected chi connectivity index (χ4v) is 4.10. The van der Waals surface area contributed by atoms with Gasteiger partial charge in [0.25, 0.3) is 0 Å². The third-order valence-electron chi connectivity index (χ3n) is 5.92. The Balaban J connectivity index is 0.000000406. The van der Waals surface area contributed by atoms with Gasteiger partial charge >= 0.3 is 12.1 Å². The minimum Gasteiger partial charge on any atom is -0.475 e. The van der Waals surface area contributed by atoms with Crippen molar-refractivity contribution in [3.63, 3.8) is 0 Å². The second-order valence-electron chi connectivity index (χ2n) is 8.13. The van der Waals surface area contributed by atoms with E-state index in [0.29, 0.717) is 5.56 Å². The predicted octanol–water partition coefficient (Wildman–Crippen LogP) is 6.05. The molecule has 0 radical (unpaired) electrons. The summed E-state index contributed by atoms with van der Waals surface area (Å²) in [6, 6.07) is 17.9. The number of alkyl halides is 3. The van der Waals surface area contributed by atoms with Crippen LogP contribution in [0.1, 0.15) is 24.0 Å². The Morgan fingerprint density at radius 1 is 0.941 bits per heavy atom. The van der Waals surface area contributed by atoms with Gasteiger partial charge in [0.2, 0.25) is 0 Å². The maximum Gasteiger partial charge on any atom is 0.490 e. The van der Waals surface area contributed by atoms with Gasteiger partial charge in [-0.1, -0.05) is 49.4 Å². The highest BCUT2D eigenvalue weighted by molar-refractivity contribution is 5.73. The number of benzene rings is 3. The highest BCUT2D eigenvalue weighted by atomic mass is 19.4. The Labute approximate surface area is 192 Å². The molecule has 0 aromatic heterocycles. The fourth-order valence-electron chi connectivity index (χ4n) is 4.10. The van der Waals surface area contributed by atoms with Crippen LogP contribution < -0.4 is 5.32 Å². The molecule has 3 aromatic rings. The summed E-state index contributed by atoms with van der Waals surface area (Å²) in [4.78, 5) is 8.90. The van der Waals surface area contributed by atoms with Crippen molar-refractivity contribution in [2.24, 2.45) is 0 Å². The predicted molar refractivity (Wildman–Crippen MR) is 115 cm³/mol. The summed E-state index contributed by atoms with van der Waals surface area (Å²) < 4.78 is 73.1. The van der Waals surface area contributed by atoms with Crippen molar-refractivity contribution >= 4 is 5.97 Å². The molecule has 0 spiro atoms. The summed E-state index contributed by atoms with van der Waals surface area (Å²) in [6.07, 6.45) is -5.08. The zero-order chi connectivity index (χ0) is 25.1. The van der Waals surface area contributed by atoms with Crippen LogP contribution in [0.3, 0.4) is 0 Å². The third kappa shape index (κ3) is 5.41. The van der Waals surface area contributed by atoms with Crippen LogP contribution in [0.4, 0.5) is 26.3 Å². The Hall–Kier alpha value is -3.33. The molecule has 0 bridgehead atoms. The molecule has 0 aliphatic carbocycles. The topological polar surface area (TPSA) is 49.3 Å². The minimum absolute atomic E-state index is 0.00473. The Kier molecular flexibility index (Phi) is 7.35. The third-order valence-corrected chi connectivity index (χ3v) is 5.92. The highest BCUT2D eigenvalue weighted by Crippen LogP contribution is 2.42. The monoisotopic (exact) mass is 481 g/mol. The van der Waals surface area contributed by atoms with Gasteiger partial charge in [-0.2, -0.15) is 13.2 Å². The normalized spacial score (nSPS) is 19.9. The number of carboxylic acid groups (broad SMARTS) is 1. The summed E-state index contributed by atoms with van der Waals surface area (Å²) in [5.74, 6) is -3.96. The van der Waals surface area contributed by atoms with Gasteiger partial charge in [0.05, 0.1) is 5.56 Å².